The van der Waals surface area contributed by atoms with Gasteiger partial charge in [-0.05, 0) is 37.3 Å². The molecule has 0 aliphatic heterocycles. The fraction of sp³-hybridized carbons (Fsp3) is 0.353. The Morgan fingerprint density at radius 3 is 2.60 bits per heavy atom. The van der Waals surface area contributed by atoms with Crippen molar-refractivity contribution in [2.24, 2.45) is 0 Å². The van der Waals surface area contributed by atoms with Gasteiger partial charge in [0.2, 0.25) is 0 Å². The van der Waals surface area contributed by atoms with Crippen molar-refractivity contribution >= 4 is 5.97 Å². The monoisotopic (exact) mass is 269 g/mol. The van der Waals surface area contributed by atoms with Gasteiger partial charge in [-0.25, -0.2) is 4.79 Å². The van der Waals surface area contributed by atoms with Crippen LogP contribution in [0.1, 0.15) is 46.8 Å². The van der Waals surface area contributed by atoms with Crippen LogP contribution in [0.5, 0.6) is 0 Å². The first kappa shape index (κ1) is 13.0. The molecular weight excluding hydrogens is 250 g/mol. The number of rotatable bonds is 6. The summed E-state index contributed by atoms with van der Waals surface area (Å²) in [5.74, 6) is -0.332. The maximum absolute atomic E-state index is 11.2. The van der Waals surface area contributed by atoms with Gasteiger partial charge in [0.05, 0.1) is 5.56 Å². The summed E-state index contributed by atoms with van der Waals surface area (Å²) in [5.41, 5.74) is 2.86. The third-order valence-electron chi connectivity index (χ3n) is 3.91. The lowest BCUT2D eigenvalue weighted by Gasteiger charge is -2.09. The lowest BCUT2D eigenvalue weighted by molar-refractivity contribution is 0.0695. The van der Waals surface area contributed by atoms with Gasteiger partial charge in [-0.3, -0.25) is 0 Å². The molecular formula is C17H19NO2. The zero-order valence-corrected chi connectivity index (χ0v) is 11.5. The average molecular weight is 269 g/mol. The van der Waals surface area contributed by atoms with Crippen molar-refractivity contribution in [1.82, 2.24) is 4.57 Å². The first-order chi connectivity index (χ1) is 9.75. The van der Waals surface area contributed by atoms with E-state index in [-0.39, 0.29) is 0 Å². The Kier molecular flexibility index (Phi) is 3.59. The average Bonchev–Trinajstić information content (AvgIpc) is 3.20. The molecule has 1 saturated carbocycles. The Hall–Kier alpha value is -2.03. The Morgan fingerprint density at radius 1 is 1.20 bits per heavy atom. The molecule has 1 N–H and O–H groups in total. The van der Waals surface area contributed by atoms with Gasteiger partial charge in [-0.1, -0.05) is 30.3 Å². The van der Waals surface area contributed by atoms with Crippen LogP contribution >= 0.6 is 0 Å². The number of aromatic nitrogens is 1. The van der Waals surface area contributed by atoms with Crippen molar-refractivity contribution in [3.05, 3.63) is 59.4 Å². The van der Waals surface area contributed by atoms with E-state index < -0.39 is 5.97 Å². The van der Waals surface area contributed by atoms with Crippen molar-refractivity contribution < 1.29 is 9.90 Å². The lowest BCUT2D eigenvalue weighted by Crippen LogP contribution is -2.06. The standard InChI is InChI=1S/C17H19NO2/c19-17(20)15-10-12-18(16(15)14-8-9-14)11-4-7-13-5-2-1-3-6-13/h1-3,5-6,10,12,14H,4,7-9,11H2,(H,19,20). The molecule has 0 saturated heterocycles. The van der Waals surface area contributed by atoms with Gasteiger partial charge in [0, 0.05) is 24.4 Å². The van der Waals surface area contributed by atoms with E-state index in [2.05, 4.69) is 28.8 Å². The molecule has 2 aromatic rings. The molecule has 1 fully saturated rings. The summed E-state index contributed by atoms with van der Waals surface area (Å²) in [4.78, 5) is 11.2. The molecule has 3 rings (SSSR count). The minimum absolute atomic E-state index is 0.466. The van der Waals surface area contributed by atoms with Crippen molar-refractivity contribution in [2.75, 3.05) is 0 Å². The largest absolute Gasteiger partial charge is 0.478 e. The first-order valence-electron chi connectivity index (χ1n) is 7.22. The first-order valence-corrected chi connectivity index (χ1v) is 7.22. The van der Waals surface area contributed by atoms with E-state index in [1.807, 2.05) is 12.3 Å². The number of hydrogen-bond donors (Lipinski definition) is 1. The maximum atomic E-state index is 11.2. The predicted octanol–water partition coefficient (Wildman–Crippen LogP) is 3.70. The second-order valence-electron chi connectivity index (χ2n) is 5.48. The van der Waals surface area contributed by atoms with Gasteiger partial charge in [-0.15, -0.1) is 0 Å². The van der Waals surface area contributed by atoms with E-state index in [9.17, 15) is 9.90 Å². The molecule has 0 bridgehead atoms. The number of aromatic carboxylic acids is 1. The summed E-state index contributed by atoms with van der Waals surface area (Å²) in [6.07, 6.45) is 6.26. The van der Waals surface area contributed by atoms with Gasteiger partial charge in [0.25, 0.3) is 0 Å². The molecule has 104 valence electrons. The number of carbonyl (C=O) groups is 1. The second-order valence-corrected chi connectivity index (χ2v) is 5.48. The number of nitrogens with zero attached hydrogens (tertiary/aromatic N) is 1. The third kappa shape index (κ3) is 2.77. The summed E-state index contributed by atoms with van der Waals surface area (Å²) >= 11 is 0. The van der Waals surface area contributed by atoms with E-state index >= 15 is 0 Å². The highest BCUT2D eigenvalue weighted by atomic mass is 16.4. The van der Waals surface area contributed by atoms with E-state index in [0.29, 0.717) is 11.5 Å². The Morgan fingerprint density at radius 2 is 1.95 bits per heavy atom. The minimum atomic E-state index is -0.797. The smallest absolute Gasteiger partial charge is 0.337 e. The van der Waals surface area contributed by atoms with E-state index in [1.54, 1.807) is 6.07 Å². The highest BCUT2D eigenvalue weighted by molar-refractivity contribution is 5.89. The van der Waals surface area contributed by atoms with Gasteiger partial charge < -0.3 is 9.67 Å². The fourth-order valence-corrected chi connectivity index (χ4v) is 2.77. The molecule has 1 heterocycles. The van der Waals surface area contributed by atoms with E-state index in [0.717, 1.165) is 37.9 Å². The van der Waals surface area contributed by atoms with Crippen molar-refractivity contribution in [3.8, 4) is 0 Å². The number of hydrogen-bond acceptors (Lipinski definition) is 1. The maximum Gasteiger partial charge on any atom is 0.337 e. The molecule has 3 heteroatoms. The molecule has 1 aromatic carbocycles. The number of benzene rings is 1. The van der Waals surface area contributed by atoms with Crippen molar-refractivity contribution in [2.45, 2.75) is 38.1 Å². The van der Waals surface area contributed by atoms with Crippen LogP contribution in [0.15, 0.2) is 42.6 Å². The number of carboxylic acids is 1. The van der Waals surface area contributed by atoms with Crippen LogP contribution in [0.2, 0.25) is 0 Å². The fourth-order valence-electron chi connectivity index (χ4n) is 2.77. The summed E-state index contributed by atoms with van der Waals surface area (Å²) in [5, 5.41) is 9.25. The van der Waals surface area contributed by atoms with Crippen molar-refractivity contribution in [1.29, 1.82) is 0 Å². The zero-order chi connectivity index (χ0) is 13.9. The molecule has 0 atom stereocenters. The molecule has 1 aromatic heterocycles. The predicted molar refractivity (Wildman–Crippen MR) is 78.1 cm³/mol. The summed E-state index contributed by atoms with van der Waals surface area (Å²) in [6.45, 7) is 0.897. The summed E-state index contributed by atoms with van der Waals surface area (Å²) < 4.78 is 2.14. The zero-order valence-electron chi connectivity index (χ0n) is 11.5. The quantitative estimate of drug-likeness (QED) is 0.869. The summed E-state index contributed by atoms with van der Waals surface area (Å²) in [6, 6.07) is 12.2. The Balaban J connectivity index is 1.67. The Labute approximate surface area is 118 Å². The number of carboxylic acid groups (broad SMARTS) is 1. The topological polar surface area (TPSA) is 42.2 Å². The van der Waals surface area contributed by atoms with Gasteiger partial charge in [-0.2, -0.15) is 0 Å². The SMILES string of the molecule is O=C(O)c1ccn(CCCc2ccccc2)c1C1CC1. The second kappa shape index (κ2) is 5.53. The Bertz CT molecular complexity index is 597. The van der Waals surface area contributed by atoms with E-state index in [4.69, 9.17) is 0 Å². The van der Waals surface area contributed by atoms with E-state index in [1.165, 1.54) is 5.56 Å². The highest BCUT2D eigenvalue weighted by Gasteiger charge is 2.31. The van der Waals surface area contributed by atoms with Crippen molar-refractivity contribution in [3.63, 3.8) is 0 Å². The molecule has 0 amide bonds. The lowest BCUT2D eigenvalue weighted by atomic mass is 10.1. The van der Waals surface area contributed by atoms with Gasteiger partial charge in [0.15, 0.2) is 0 Å². The van der Waals surface area contributed by atoms with Crippen LogP contribution in [-0.2, 0) is 13.0 Å². The van der Waals surface area contributed by atoms with Gasteiger partial charge in [0.1, 0.15) is 0 Å². The highest BCUT2D eigenvalue weighted by Crippen LogP contribution is 2.42. The molecule has 20 heavy (non-hydrogen) atoms. The number of aryl methyl sites for hydroxylation is 2. The molecule has 0 unspecified atom stereocenters. The van der Waals surface area contributed by atoms with Crippen LogP contribution in [0, 0.1) is 0 Å². The third-order valence-corrected chi connectivity index (χ3v) is 3.91. The molecule has 1 aliphatic carbocycles. The molecule has 0 radical (unpaired) electrons. The van der Waals surface area contributed by atoms with Crippen LogP contribution in [0.25, 0.3) is 0 Å². The molecule has 0 spiro atoms. The van der Waals surface area contributed by atoms with Crippen LogP contribution in [-0.4, -0.2) is 15.6 Å². The summed E-state index contributed by atoms with van der Waals surface area (Å²) in [7, 11) is 0. The minimum Gasteiger partial charge on any atom is -0.478 e. The van der Waals surface area contributed by atoms with Crippen LogP contribution < -0.4 is 0 Å². The van der Waals surface area contributed by atoms with Gasteiger partial charge >= 0.3 is 5.97 Å². The molecule has 1 aliphatic rings. The van der Waals surface area contributed by atoms with Crippen LogP contribution in [0.4, 0.5) is 0 Å². The molecule has 3 nitrogen and oxygen atoms in total. The van der Waals surface area contributed by atoms with Crippen LogP contribution in [0.3, 0.4) is 0 Å². The normalized spacial score (nSPS) is 14.4.